The molecule has 0 aliphatic rings. The van der Waals surface area contributed by atoms with Gasteiger partial charge in [0.05, 0.1) is 0 Å². The Balaban J connectivity index is 2.03. The predicted octanol–water partition coefficient (Wildman–Crippen LogP) is -0.848. The molecule has 0 spiro atoms. The topological polar surface area (TPSA) is 38.7 Å². The zero-order valence-corrected chi connectivity index (χ0v) is 12.1. The van der Waals surface area contributed by atoms with Crippen LogP contribution in [0.2, 0.25) is 0 Å². The molecule has 0 aliphatic heterocycles. The van der Waals surface area contributed by atoms with Crippen LogP contribution in [0.1, 0.15) is 0 Å². The van der Waals surface area contributed by atoms with Crippen LogP contribution < -0.4 is 30.7 Å². The second-order valence-electron chi connectivity index (χ2n) is 3.48. The Labute approximate surface area is 117 Å². The number of aliphatic hydroxyl groups is 1. The molecule has 18 heavy (non-hydrogen) atoms. The molecule has 3 nitrogen and oxygen atoms in total. The van der Waals surface area contributed by atoms with Gasteiger partial charge in [-0.05, 0) is 0 Å². The summed E-state index contributed by atoms with van der Waals surface area (Å²) < 4.78 is 12.8. The van der Waals surface area contributed by atoms with Gasteiger partial charge in [0.15, 0.2) is 0 Å². The van der Waals surface area contributed by atoms with E-state index in [1.54, 1.807) is 7.11 Å². The van der Waals surface area contributed by atoms with E-state index in [-0.39, 0.29) is 28.0 Å². The molecule has 0 saturated carbocycles. The average Bonchev–Trinajstić information content (AvgIpc) is 2.42. The summed E-state index contributed by atoms with van der Waals surface area (Å²) in [5, 5.41) is 8.65. The minimum absolute atomic E-state index is 0.186. The molecule has 0 fully saturated rings. The van der Waals surface area contributed by atoms with Crippen molar-refractivity contribution in [2.75, 3.05) is 13.9 Å². The molecule has 0 unspecified atom stereocenters. The fraction of sp³-hybridized carbons (Fsp3) is 0.143. The van der Waals surface area contributed by atoms with Gasteiger partial charge in [0.1, 0.15) is 0 Å². The van der Waals surface area contributed by atoms with E-state index in [9.17, 15) is 0 Å². The summed E-state index contributed by atoms with van der Waals surface area (Å²) in [5.41, 5.74) is 0. The third-order valence-corrected chi connectivity index (χ3v) is 5.00. The van der Waals surface area contributed by atoms with Crippen molar-refractivity contribution in [3.63, 3.8) is 0 Å². The molecule has 0 radical (unpaired) electrons. The third kappa shape index (κ3) is 3.61. The van der Waals surface area contributed by atoms with E-state index in [2.05, 4.69) is 12.1 Å². The Kier molecular flexibility index (Phi) is 4.83. The number of halogens is 1. The summed E-state index contributed by atoms with van der Waals surface area (Å²) in [4.78, 5) is 0. The van der Waals surface area contributed by atoms with Crippen LogP contribution in [0.15, 0.2) is 48.5 Å². The van der Waals surface area contributed by atoms with Gasteiger partial charge < -0.3 is 0 Å². The second kappa shape index (κ2) is 6.61. The Bertz CT molecular complexity index is 479. The van der Waals surface area contributed by atoms with Gasteiger partial charge >= 0.3 is 117 Å². The van der Waals surface area contributed by atoms with E-state index in [0.717, 1.165) is 5.75 Å². The van der Waals surface area contributed by atoms with Crippen molar-refractivity contribution < 1.29 is 35.8 Å². The van der Waals surface area contributed by atoms with Crippen LogP contribution in [0.4, 0.5) is 0 Å². The van der Waals surface area contributed by atoms with Crippen LogP contribution in [-0.4, -0.2) is 19.0 Å². The molecule has 1 N–H and O–H groups in total. The van der Waals surface area contributed by atoms with Gasteiger partial charge in [0.2, 0.25) is 0 Å². The van der Waals surface area contributed by atoms with Crippen molar-refractivity contribution in [3.8, 4) is 11.5 Å². The van der Waals surface area contributed by atoms with Crippen molar-refractivity contribution >= 4 is 0 Å². The van der Waals surface area contributed by atoms with Gasteiger partial charge in [-0.25, -0.2) is 0 Å². The summed E-state index contributed by atoms with van der Waals surface area (Å²) in [6, 6.07) is 16.0. The van der Waals surface area contributed by atoms with Gasteiger partial charge in [0.25, 0.3) is 0 Å². The third-order valence-electron chi connectivity index (χ3n) is 2.31. The van der Waals surface area contributed by atoms with Gasteiger partial charge in [-0.1, -0.05) is 0 Å². The molecule has 2 aromatic carbocycles. The van der Waals surface area contributed by atoms with Crippen LogP contribution in [0, 0.1) is 7.14 Å². The molecule has 2 rings (SSSR count). The van der Waals surface area contributed by atoms with Crippen LogP contribution in [-0.2, 0) is 0 Å². The predicted molar refractivity (Wildman–Crippen MR) is 64.5 cm³/mol. The van der Waals surface area contributed by atoms with Crippen molar-refractivity contribution in [2.45, 2.75) is 0 Å². The fourth-order valence-electron chi connectivity index (χ4n) is 1.43. The zero-order chi connectivity index (χ0) is 12.8. The fourth-order valence-corrected chi connectivity index (χ4v) is 3.59. The number of methoxy groups -OCH3 is 1. The zero-order valence-electron chi connectivity index (χ0n) is 9.97. The molecule has 0 saturated heterocycles. The molecule has 0 atom stereocenters. The van der Waals surface area contributed by atoms with E-state index in [1.807, 2.05) is 36.4 Å². The van der Waals surface area contributed by atoms with Gasteiger partial charge in [-0.15, -0.1) is 0 Å². The number of ether oxygens (including phenoxy) is 2. The first-order valence-electron chi connectivity index (χ1n) is 5.44. The molecule has 96 valence electrons. The number of aliphatic hydroxyl groups excluding tert-OH is 1. The number of hydrogen-bond acceptors (Lipinski definition) is 3. The van der Waals surface area contributed by atoms with E-state index < -0.39 is 0 Å². The van der Waals surface area contributed by atoms with Crippen LogP contribution >= 0.6 is 0 Å². The molecule has 2 aromatic rings. The summed E-state index contributed by atoms with van der Waals surface area (Å²) in [6.45, 7) is -0.285. The number of rotatable bonds is 5. The first kappa shape index (κ1) is 13.2. The Morgan fingerprint density at radius 2 is 1.39 bits per heavy atom. The average molecular weight is 357 g/mol. The maximum absolute atomic E-state index is 8.65. The first-order chi connectivity index (χ1) is 8.81. The molecule has 4 heteroatoms. The van der Waals surface area contributed by atoms with Crippen molar-refractivity contribution in [1.82, 2.24) is 0 Å². The maximum atomic E-state index is 8.65. The summed E-state index contributed by atoms with van der Waals surface area (Å²) in [5.74, 6) is 1.58. The van der Waals surface area contributed by atoms with Gasteiger partial charge in [0, 0.05) is 0 Å². The van der Waals surface area contributed by atoms with Crippen molar-refractivity contribution in [3.05, 3.63) is 55.7 Å². The SMILES string of the molecule is COc1ccc([I-]c2ccc(OCO)cc2)cc1. The van der Waals surface area contributed by atoms with Crippen LogP contribution in [0.5, 0.6) is 11.5 Å². The van der Waals surface area contributed by atoms with Crippen molar-refractivity contribution in [2.24, 2.45) is 0 Å². The Morgan fingerprint density at radius 1 is 0.889 bits per heavy atom. The molecule has 0 bridgehead atoms. The standard InChI is InChI=1S/C14H14IO3/c1-17-13-6-2-11(3-7-13)15-12-4-8-14(9-5-12)18-10-16/h2-9,16H,10H2,1H3/q-1. The van der Waals surface area contributed by atoms with Crippen LogP contribution in [0.25, 0.3) is 0 Å². The molecule has 0 aliphatic carbocycles. The second-order valence-corrected chi connectivity index (χ2v) is 6.51. The molecular formula is C14H14IO3-. The van der Waals surface area contributed by atoms with Crippen LogP contribution in [0.3, 0.4) is 0 Å². The molecule has 0 aromatic heterocycles. The molecular weight excluding hydrogens is 343 g/mol. The Morgan fingerprint density at radius 3 is 1.83 bits per heavy atom. The number of benzene rings is 2. The first-order valence-corrected chi connectivity index (χ1v) is 7.60. The summed E-state index contributed by atoms with van der Waals surface area (Å²) in [6.07, 6.45) is 0. The molecule has 0 amide bonds. The monoisotopic (exact) mass is 357 g/mol. The molecule has 0 heterocycles. The normalized spacial score (nSPS) is 10.3. The van der Waals surface area contributed by atoms with E-state index in [4.69, 9.17) is 14.6 Å². The minimum atomic E-state index is -0.285. The van der Waals surface area contributed by atoms with Gasteiger partial charge in [-0.3, -0.25) is 0 Å². The summed E-state index contributed by atoms with van der Waals surface area (Å²) in [7, 11) is 1.67. The van der Waals surface area contributed by atoms with E-state index in [0.29, 0.717) is 5.75 Å². The quantitative estimate of drug-likeness (QED) is 0.560. The summed E-state index contributed by atoms with van der Waals surface area (Å²) >= 11 is -0.186. The van der Waals surface area contributed by atoms with Crippen molar-refractivity contribution in [1.29, 1.82) is 0 Å². The Hall–Kier alpha value is -1.27. The van der Waals surface area contributed by atoms with E-state index >= 15 is 0 Å². The van der Waals surface area contributed by atoms with Gasteiger partial charge in [-0.2, -0.15) is 0 Å². The van der Waals surface area contributed by atoms with E-state index in [1.165, 1.54) is 7.14 Å². The number of hydrogen-bond donors (Lipinski definition) is 1.